The van der Waals surface area contributed by atoms with Gasteiger partial charge in [0.1, 0.15) is 25.4 Å². The molecule has 18 heteroatoms. The molecular weight excluding hydrogens is 1390 g/mol. The Balaban J connectivity index is 4.60. The number of ether oxygens (including phenoxy) is 3. The molecule has 0 fully saturated rings. The molecule has 0 aromatic heterocycles. The fourth-order valence-corrected chi connectivity index (χ4v) is 12.3. The molecule has 0 aromatic carbocycles. The Bertz CT molecular complexity index is 2620. The van der Waals surface area contributed by atoms with Crippen molar-refractivity contribution in [1.82, 2.24) is 0 Å². The summed E-state index contributed by atoms with van der Waals surface area (Å²) in [5, 5.41) is 20.7. The second kappa shape index (κ2) is 80.4. The van der Waals surface area contributed by atoms with Gasteiger partial charge in [-0.25, -0.2) is 9.13 Å². The highest BCUT2D eigenvalue weighted by Crippen LogP contribution is 2.45. The minimum Gasteiger partial charge on any atom is -0.463 e. The number of unbranched alkanes of at least 4 members (excludes halogenated alkanes) is 26. The topological polar surface area (TPSA) is 231 Å². The average Bonchev–Trinajstić information content (AvgIpc) is 0.906. The second-order valence-electron chi connectivity index (χ2n) is 27.2. The van der Waals surface area contributed by atoms with Gasteiger partial charge in [0.15, 0.2) is 6.10 Å². The maximum Gasteiger partial charge on any atom is 0.472 e. The molecule has 0 aliphatic carbocycles. The van der Waals surface area contributed by atoms with Crippen LogP contribution in [0.1, 0.15) is 316 Å². The molecule has 0 bridgehead atoms. The van der Waals surface area contributed by atoms with Crippen molar-refractivity contribution in [2.75, 3.05) is 39.6 Å². The van der Waals surface area contributed by atoms with Gasteiger partial charge in [-0.05, 0) is 154 Å². The molecule has 0 rings (SSSR count). The summed E-state index contributed by atoms with van der Waals surface area (Å²) in [7, 11) is -9.82. The summed E-state index contributed by atoms with van der Waals surface area (Å²) >= 11 is 0. The summed E-state index contributed by atoms with van der Waals surface area (Å²) in [6, 6.07) is 0. The van der Waals surface area contributed by atoms with E-state index in [4.69, 9.17) is 32.3 Å². The molecule has 0 aliphatic heterocycles. The third-order valence-electron chi connectivity index (χ3n) is 16.9. The first-order chi connectivity index (χ1) is 52.2. The SMILES string of the molecule is CC/C=C\C/C=C\C/C=C\C/C=C\C/C=C\C/C=C\CCCCCCCCCCCCCCC(=O)OCC(O)COP(=O)(O)OCC(O)COP(=O)(O)OCC(COC(=O)CCCCCCC/C=C\C/C=C\C/C=C\C/C=C\CCCCC)OC(=O)CCCCCCCC/C=C\C/C=C\C/C=C\C/C=C\CC. The highest BCUT2D eigenvalue weighted by Gasteiger charge is 2.29. The first-order valence-corrected chi connectivity index (χ1v) is 44.4. The molecule has 0 spiro atoms. The predicted molar refractivity (Wildman–Crippen MR) is 445 cm³/mol. The smallest absolute Gasteiger partial charge is 0.463 e. The molecular formula is C89H148O16P2. The van der Waals surface area contributed by atoms with Gasteiger partial charge in [-0.15, -0.1) is 0 Å². The van der Waals surface area contributed by atoms with Crippen molar-refractivity contribution in [2.24, 2.45) is 0 Å². The van der Waals surface area contributed by atoms with E-state index in [1.807, 2.05) is 0 Å². The molecule has 0 saturated heterocycles. The van der Waals surface area contributed by atoms with Crippen LogP contribution in [0.2, 0.25) is 0 Å². The van der Waals surface area contributed by atoms with Crippen LogP contribution >= 0.6 is 15.6 Å². The van der Waals surface area contributed by atoms with Crippen LogP contribution < -0.4 is 0 Å². The van der Waals surface area contributed by atoms with Gasteiger partial charge in [-0.1, -0.05) is 313 Å². The van der Waals surface area contributed by atoms with Crippen LogP contribution in [0.4, 0.5) is 0 Å². The number of rotatable bonds is 77. The summed E-state index contributed by atoms with van der Waals surface area (Å²) in [6.45, 7) is 2.39. The minimum atomic E-state index is -4.95. The number of phosphoric ester groups is 2. The lowest BCUT2D eigenvalue weighted by Crippen LogP contribution is -2.30. The van der Waals surface area contributed by atoms with Gasteiger partial charge in [0.25, 0.3) is 0 Å². The van der Waals surface area contributed by atoms with E-state index in [1.54, 1.807) is 0 Å². The number of aliphatic hydroxyl groups is 2. The van der Waals surface area contributed by atoms with Crippen molar-refractivity contribution in [3.05, 3.63) is 170 Å². The highest BCUT2D eigenvalue weighted by molar-refractivity contribution is 7.47. The molecule has 0 amide bonds. The van der Waals surface area contributed by atoms with Crippen LogP contribution in [0.15, 0.2) is 170 Å². The Labute approximate surface area is 650 Å². The normalized spacial score (nSPS) is 14.8. The van der Waals surface area contributed by atoms with Crippen molar-refractivity contribution in [2.45, 2.75) is 334 Å². The van der Waals surface area contributed by atoms with Crippen molar-refractivity contribution in [3.8, 4) is 0 Å². The summed E-state index contributed by atoms with van der Waals surface area (Å²) in [6.07, 6.45) is 102. The lowest BCUT2D eigenvalue weighted by molar-refractivity contribution is -0.161. The number of allylic oxidation sites excluding steroid dienone is 28. The Morgan fingerprint density at radius 3 is 0.785 bits per heavy atom. The first-order valence-electron chi connectivity index (χ1n) is 41.4. The largest absolute Gasteiger partial charge is 0.472 e. The zero-order valence-electron chi connectivity index (χ0n) is 66.7. The maximum atomic E-state index is 13.0. The molecule has 107 heavy (non-hydrogen) atoms. The molecule has 5 atom stereocenters. The number of carbonyl (C=O) groups is 3. The van der Waals surface area contributed by atoms with Crippen LogP contribution in [0, 0.1) is 0 Å². The van der Waals surface area contributed by atoms with Gasteiger partial charge >= 0.3 is 33.6 Å². The average molecular weight is 1540 g/mol. The van der Waals surface area contributed by atoms with Gasteiger partial charge < -0.3 is 34.2 Å². The van der Waals surface area contributed by atoms with Crippen molar-refractivity contribution >= 4 is 33.6 Å². The zero-order valence-corrected chi connectivity index (χ0v) is 68.5. The number of aliphatic hydroxyl groups excluding tert-OH is 2. The number of phosphoric acid groups is 2. The molecule has 0 aliphatic rings. The van der Waals surface area contributed by atoms with Crippen LogP contribution in [0.5, 0.6) is 0 Å². The summed E-state index contributed by atoms with van der Waals surface area (Å²) in [4.78, 5) is 58.8. The number of carbonyl (C=O) groups excluding carboxylic acids is 3. The third kappa shape index (κ3) is 81.7. The second-order valence-corrected chi connectivity index (χ2v) is 30.1. The van der Waals surface area contributed by atoms with Crippen LogP contribution in [-0.2, 0) is 55.8 Å². The summed E-state index contributed by atoms with van der Waals surface area (Å²) < 4.78 is 61.2. The fraction of sp³-hybridized carbons (Fsp3) is 0.652. The van der Waals surface area contributed by atoms with Crippen LogP contribution in [0.25, 0.3) is 0 Å². The Morgan fingerprint density at radius 2 is 0.495 bits per heavy atom. The van der Waals surface area contributed by atoms with Gasteiger partial charge in [-0.3, -0.25) is 32.5 Å². The van der Waals surface area contributed by atoms with Gasteiger partial charge in [0, 0.05) is 19.3 Å². The molecule has 0 heterocycles. The molecule has 5 unspecified atom stereocenters. The first kappa shape index (κ1) is 102. The monoisotopic (exact) mass is 1540 g/mol. The van der Waals surface area contributed by atoms with E-state index in [2.05, 4.69) is 191 Å². The van der Waals surface area contributed by atoms with E-state index in [0.717, 1.165) is 180 Å². The molecule has 610 valence electrons. The zero-order chi connectivity index (χ0) is 78.0. The van der Waals surface area contributed by atoms with E-state index >= 15 is 0 Å². The fourth-order valence-electron chi connectivity index (χ4n) is 10.7. The van der Waals surface area contributed by atoms with E-state index < -0.39 is 91.5 Å². The lowest BCUT2D eigenvalue weighted by atomic mass is 10.0. The highest BCUT2D eigenvalue weighted by atomic mass is 31.2. The number of hydrogen-bond donors (Lipinski definition) is 4. The van der Waals surface area contributed by atoms with Gasteiger partial charge in [0.05, 0.1) is 26.4 Å². The number of hydrogen-bond acceptors (Lipinski definition) is 14. The quantitative estimate of drug-likeness (QED) is 0.0146. The van der Waals surface area contributed by atoms with Crippen molar-refractivity contribution < 1.29 is 75.8 Å². The van der Waals surface area contributed by atoms with E-state index in [1.165, 1.54) is 77.0 Å². The molecule has 4 N–H and O–H groups in total. The third-order valence-corrected chi connectivity index (χ3v) is 18.8. The standard InChI is InChI=1S/C89H148O16P2/c1-4-7-10-13-16-19-22-25-28-31-34-36-37-38-39-40-41-42-43-44-45-47-50-51-54-57-60-63-66-69-72-75-87(92)99-78-84(90)79-101-106(95,96)102-80-85(91)81-103-107(97,98)104-83-86(105-89(94)77-74-71-68-65-62-59-56-53-48-33-30-27-24-21-18-15-12-9-6-3)82-100-88(93)76-73-70-67-64-61-58-55-52-49-46-35-32-29-26-23-20-17-14-11-8-5-2/h7,9-10,12,16-21,25-30,34-36,38-39,41-42,46,48,52-53,55,84-86,90-91H,4-6,8,11,13-15,22-24,31-33,37,40,43-45,47,49-51,54,56-83H2,1-3H3,(H,95,96)(H,97,98)/b10-7-,12-9-,19-16-,20-17-,21-18-,28-25-,29-26-,30-27-,36-34-,39-38-,42-41-,46-35-,53-48-,55-52-. The Kier molecular flexibility index (Phi) is 76.6. The van der Waals surface area contributed by atoms with E-state index in [0.29, 0.717) is 19.3 Å². The Hall–Kier alpha value is -5.09. The summed E-state index contributed by atoms with van der Waals surface area (Å²) in [5.74, 6) is -1.62. The molecule has 0 saturated carbocycles. The van der Waals surface area contributed by atoms with E-state index in [9.17, 15) is 43.5 Å². The lowest BCUT2D eigenvalue weighted by Gasteiger charge is -2.21. The molecule has 0 aromatic rings. The van der Waals surface area contributed by atoms with Crippen molar-refractivity contribution in [1.29, 1.82) is 0 Å². The minimum absolute atomic E-state index is 0.0787. The predicted octanol–water partition coefficient (Wildman–Crippen LogP) is 24.8. The molecule has 0 radical (unpaired) electrons. The maximum absolute atomic E-state index is 13.0. The number of esters is 3. The van der Waals surface area contributed by atoms with Gasteiger partial charge in [-0.2, -0.15) is 0 Å². The molecule has 16 nitrogen and oxygen atoms in total. The van der Waals surface area contributed by atoms with Crippen molar-refractivity contribution in [3.63, 3.8) is 0 Å². The van der Waals surface area contributed by atoms with E-state index in [-0.39, 0.29) is 19.3 Å². The Morgan fingerprint density at radius 1 is 0.271 bits per heavy atom. The van der Waals surface area contributed by atoms with Crippen LogP contribution in [-0.4, -0.2) is 95.9 Å². The van der Waals surface area contributed by atoms with Gasteiger partial charge in [0.2, 0.25) is 0 Å². The van der Waals surface area contributed by atoms with Crippen LogP contribution in [0.3, 0.4) is 0 Å². The summed E-state index contributed by atoms with van der Waals surface area (Å²) in [5.41, 5.74) is 0.